The normalized spacial score (nSPS) is 10.8. The van der Waals surface area contributed by atoms with E-state index in [0.717, 1.165) is 0 Å². The maximum Gasteiger partial charge on any atom is 0.255 e. The zero-order valence-corrected chi connectivity index (χ0v) is 12.8. The number of aryl methyl sites for hydroxylation is 1. The fourth-order valence-electron chi connectivity index (χ4n) is 1.99. The van der Waals surface area contributed by atoms with Gasteiger partial charge >= 0.3 is 0 Å². The molecule has 1 amide bonds. The predicted octanol–water partition coefficient (Wildman–Crippen LogP) is 3.73. The van der Waals surface area contributed by atoms with Crippen LogP contribution in [0.1, 0.15) is 16.2 Å². The van der Waals surface area contributed by atoms with E-state index in [9.17, 15) is 4.79 Å². The maximum absolute atomic E-state index is 12.2. The van der Waals surface area contributed by atoms with E-state index >= 15 is 0 Å². The first-order chi connectivity index (χ1) is 10.0. The number of oxazole rings is 1. The molecule has 3 rings (SSSR count). The average Bonchev–Trinajstić information content (AvgIpc) is 2.81. The molecule has 3 N–H and O–H groups in total. The lowest BCUT2D eigenvalue weighted by molar-refractivity contribution is 0.102. The molecule has 2 aromatic carbocycles. The first kappa shape index (κ1) is 13.6. The molecule has 0 bridgehead atoms. The van der Waals surface area contributed by atoms with Crippen LogP contribution in [0.25, 0.3) is 11.1 Å². The van der Waals surface area contributed by atoms with E-state index in [1.165, 1.54) is 0 Å². The molecule has 6 heteroatoms. The van der Waals surface area contributed by atoms with Crippen LogP contribution in [0.15, 0.2) is 45.3 Å². The van der Waals surface area contributed by atoms with Crippen molar-refractivity contribution in [1.82, 2.24) is 4.98 Å². The van der Waals surface area contributed by atoms with E-state index in [1.54, 1.807) is 43.3 Å². The summed E-state index contributed by atoms with van der Waals surface area (Å²) in [6, 6.07) is 10.4. The van der Waals surface area contributed by atoms with E-state index in [2.05, 4.69) is 26.2 Å². The van der Waals surface area contributed by atoms with E-state index in [1.807, 2.05) is 0 Å². The number of anilines is 2. The highest BCUT2D eigenvalue weighted by atomic mass is 79.9. The number of hydrogen-bond donors (Lipinski definition) is 2. The summed E-state index contributed by atoms with van der Waals surface area (Å²) in [7, 11) is 0. The third kappa shape index (κ3) is 2.75. The Morgan fingerprint density at radius 2 is 2.10 bits per heavy atom. The Hall–Kier alpha value is -2.34. The molecule has 1 aromatic heterocycles. The van der Waals surface area contributed by atoms with Crippen molar-refractivity contribution in [2.75, 3.05) is 11.1 Å². The summed E-state index contributed by atoms with van der Waals surface area (Å²) in [6.45, 7) is 1.78. The fraction of sp³-hybridized carbons (Fsp3) is 0.0667. The van der Waals surface area contributed by atoms with Gasteiger partial charge in [-0.1, -0.05) is 0 Å². The molecule has 1 heterocycles. The van der Waals surface area contributed by atoms with Gasteiger partial charge in [-0.25, -0.2) is 4.98 Å². The monoisotopic (exact) mass is 345 g/mol. The van der Waals surface area contributed by atoms with Gasteiger partial charge in [-0.2, -0.15) is 0 Å². The number of nitrogens with two attached hydrogens (primary N) is 1. The summed E-state index contributed by atoms with van der Waals surface area (Å²) in [5, 5.41) is 2.82. The molecule has 3 aromatic rings. The van der Waals surface area contributed by atoms with Crippen molar-refractivity contribution < 1.29 is 9.21 Å². The van der Waals surface area contributed by atoms with E-state index in [-0.39, 0.29) is 5.91 Å². The molecule has 0 aliphatic carbocycles. The number of aromatic nitrogens is 1. The summed E-state index contributed by atoms with van der Waals surface area (Å²) in [6.07, 6.45) is 0. The first-order valence-corrected chi connectivity index (χ1v) is 7.06. The van der Waals surface area contributed by atoms with Gasteiger partial charge < -0.3 is 15.5 Å². The molecule has 0 aliphatic heterocycles. The second kappa shape index (κ2) is 5.21. The van der Waals surface area contributed by atoms with Crippen LogP contribution in [-0.2, 0) is 0 Å². The minimum absolute atomic E-state index is 0.213. The second-order valence-corrected chi connectivity index (χ2v) is 5.46. The molecule has 0 unspecified atom stereocenters. The summed E-state index contributed by atoms with van der Waals surface area (Å²) < 4.78 is 6.09. The van der Waals surface area contributed by atoms with Crippen molar-refractivity contribution in [2.45, 2.75) is 6.92 Å². The standard InChI is InChI=1S/C15H12BrN3O2/c1-8-18-13-7-10(3-5-14(13)21-8)19-15(20)9-2-4-12(17)11(16)6-9/h2-7H,17H2,1H3,(H,19,20). The number of carbonyl (C=O) groups excluding carboxylic acids is 1. The molecular weight excluding hydrogens is 334 g/mol. The van der Waals surface area contributed by atoms with Crippen LogP contribution in [0.4, 0.5) is 11.4 Å². The minimum Gasteiger partial charge on any atom is -0.441 e. The summed E-state index contributed by atoms with van der Waals surface area (Å²) >= 11 is 3.31. The van der Waals surface area contributed by atoms with Gasteiger partial charge in [0.1, 0.15) is 5.52 Å². The van der Waals surface area contributed by atoms with Crippen molar-refractivity contribution >= 4 is 44.3 Å². The van der Waals surface area contributed by atoms with Crippen LogP contribution >= 0.6 is 15.9 Å². The molecule has 0 saturated heterocycles. The van der Waals surface area contributed by atoms with Crippen LogP contribution in [0.5, 0.6) is 0 Å². The summed E-state index contributed by atoms with van der Waals surface area (Å²) in [5.74, 6) is 0.381. The van der Waals surface area contributed by atoms with Gasteiger partial charge in [0.25, 0.3) is 5.91 Å². The number of rotatable bonds is 2. The summed E-state index contributed by atoms with van der Waals surface area (Å²) in [4.78, 5) is 16.4. The molecular formula is C15H12BrN3O2. The molecule has 106 valence electrons. The third-order valence-electron chi connectivity index (χ3n) is 3.02. The number of hydrogen-bond acceptors (Lipinski definition) is 4. The maximum atomic E-state index is 12.2. The van der Waals surface area contributed by atoms with Crippen molar-refractivity contribution in [3.05, 3.63) is 52.3 Å². The molecule has 0 fully saturated rings. The smallest absolute Gasteiger partial charge is 0.255 e. The lowest BCUT2D eigenvalue weighted by Gasteiger charge is -2.06. The number of nitrogens with one attached hydrogen (secondary N) is 1. The summed E-state index contributed by atoms with van der Waals surface area (Å²) in [5.41, 5.74) is 8.89. The Morgan fingerprint density at radius 3 is 2.86 bits per heavy atom. The van der Waals surface area contributed by atoms with E-state index in [0.29, 0.717) is 38.4 Å². The zero-order chi connectivity index (χ0) is 15.0. The number of halogens is 1. The fourth-order valence-corrected chi connectivity index (χ4v) is 2.37. The van der Waals surface area contributed by atoms with Gasteiger partial charge in [-0.05, 0) is 52.3 Å². The van der Waals surface area contributed by atoms with Crippen LogP contribution < -0.4 is 11.1 Å². The van der Waals surface area contributed by atoms with Gasteiger partial charge in [-0.3, -0.25) is 4.79 Å². The van der Waals surface area contributed by atoms with Crippen LogP contribution in [0.2, 0.25) is 0 Å². The van der Waals surface area contributed by atoms with Crippen molar-refractivity contribution in [3.8, 4) is 0 Å². The number of amides is 1. The van der Waals surface area contributed by atoms with Gasteiger partial charge in [0, 0.05) is 28.3 Å². The van der Waals surface area contributed by atoms with Crippen LogP contribution in [0, 0.1) is 6.92 Å². The van der Waals surface area contributed by atoms with Crippen molar-refractivity contribution in [3.63, 3.8) is 0 Å². The predicted molar refractivity (Wildman–Crippen MR) is 85.3 cm³/mol. The van der Waals surface area contributed by atoms with E-state index < -0.39 is 0 Å². The second-order valence-electron chi connectivity index (χ2n) is 4.61. The Bertz CT molecular complexity index is 842. The van der Waals surface area contributed by atoms with Gasteiger partial charge in [0.05, 0.1) is 0 Å². The lowest BCUT2D eigenvalue weighted by atomic mass is 10.2. The Morgan fingerprint density at radius 1 is 1.29 bits per heavy atom. The Kier molecular flexibility index (Phi) is 3.39. The first-order valence-electron chi connectivity index (χ1n) is 6.26. The molecule has 0 radical (unpaired) electrons. The van der Waals surface area contributed by atoms with Crippen molar-refractivity contribution in [2.24, 2.45) is 0 Å². The number of nitrogen functional groups attached to an aromatic ring is 1. The average molecular weight is 346 g/mol. The SMILES string of the molecule is Cc1nc2cc(NC(=O)c3ccc(N)c(Br)c3)ccc2o1. The molecule has 0 saturated carbocycles. The van der Waals surface area contributed by atoms with Gasteiger partial charge in [0.2, 0.25) is 0 Å². The molecule has 0 aliphatic rings. The number of carbonyl (C=O) groups is 1. The van der Waals surface area contributed by atoms with E-state index in [4.69, 9.17) is 10.2 Å². The topological polar surface area (TPSA) is 81.2 Å². The Balaban J connectivity index is 1.86. The van der Waals surface area contributed by atoms with Crippen molar-refractivity contribution in [1.29, 1.82) is 0 Å². The van der Waals surface area contributed by atoms with Crippen LogP contribution in [-0.4, -0.2) is 10.9 Å². The quantitative estimate of drug-likeness (QED) is 0.693. The largest absolute Gasteiger partial charge is 0.441 e. The highest BCUT2D eigenvalue weighted by molar-refractivity contribution is 9.10. The molecule has 21 heavy (non-hydrogen) atoms. The Labute approximate surface area is 129 Å². The number of fused-ring (bicyclic) bond motifs is 1. The zero-order valence-electron chi connectivity index (χ0n) is 11.2. The highest BCUT2D eigenvalue weighted by Crippen LogP contribution is 2.23. The van der Waals surface area contributed by atoms with Gasteiger partial charge in [-0.15, -0.1) is 0 Å². The van der Waals surface area contributed by atoms with Gasteiger partial charge in [0.15, 0.2) is 11.5 Å². The minimum atomic E-state index is -0.213. The third-order valence-corrected chi connectivity index (χ3v) is 3.70. The number of benzene rings is 2. The molecule has 0 atom stereocenters. The lowest BCUT2D eigenvalue weighted by Crippen LogP contribution is -2.12. The van der Waals surface area contributed by atoms with Crippen LogP contribution in [0.3, 0.4) is 0 Å². The molecule has 5 nitrogen and oxygen atoms in total. The number of nitrogens with zero attached hydrogens (tertiary/aromatic N) is 1. The highest BCUT2D eigenvalue weighted by Gasteiger charge is 2.09. The molecule has 0 spiro atoms.